The fourth-order valence-corrected chi connectivity index (χ4v) is 1.54. The van der Waals surface area contributed by atoms with E-state index in [1.807, 2.05) is 38.4 Å². The summed E-state index contributed by atoms with van der Waals surface area (Å²) in [6.45, 7) is 12.5. The third-order valence-electron chi connectivity index (χ3n) is 3.45. The van der Waals surface area contributed by atoms with E-state index >= 15 is 0 Å². The van der Waals surface area contributed by atoms with Crippen molar-refractivity contribution in [1.82, 2.24) is 9.97 Å². The van der Waals surface area contributed by atoms with E-state index in [1.165, 1.54) is 22.3 Å². The van der Waals surface area contributed by atoms with Crippen molar-refractivity contribution in [2.24, 2.45) is 0 Å². The molecule has 0 atom stereocenters. The monoisotopic (exact) mass is 258 g/mol. The van der Waals surface area contributed by atoms with Crippen molar-refractivity contribution in [3.63, 3.8) is 0 Å². The first kappa shape index (κ1) is 17.3. The van der Waals surface area contributed by atoms with E-state index in [0.29, 0.717) is 0 Å². The average molecular weight is 258 g/mol. The first-order valence-corrected chi connectivity index (χ1v) is 6.21. The molecule has 104 valence electrons. The van der Waals surface area contributed by atoms with E-state index in [4.69, 9.17) is 0 Å². The maximum atomic E-state index is 4.14. The minimum Gasteiger partial charge on any atom is -0.261 e. The van der Waals surface area contributed by atoms with Crippen molar-refractivity contribution >= 4 is 0 Å². The predicted molar refractivity (Wildman–Crippen MR) is 83.6 cm³/mol. The SMILES string of the molecule is C.Cc1ccnc(C)c1C.Cc1ccnc(C)c1C. The van der Waals surface area contributed by atoms with Gasteiger partial charge in [0, 0.05) is 23.8 Å². The van der Waals surface area contributed by atoms with Gasteiger partial charge in [-0.2, -0.15) is 0 Å². The third kappa shape index (κ3) is 4.82. The van der Waals surface area contributed by atoms with E-state index in [9.17, 15) is 0 Å². The molecule has 0 saturated carbocycles. The molecule has 0 aliphatic heterocycles. The molecule has 0 saturated heterocycles. The third-order valence-corrected chi connectivity index (χ3v) is 3.45. The van der Waals surface area contributed by atoms with Crippen molar-refractivity contribution < 1.29 is 0 Å². The molecule has 0 N–H and O–H groups in total. The molecule has 2 aromatic heterocycles. The van der Waals surface area contributed by atoms with E-state index in [1.54, 1.807) is 0 Å². The molecule has 2 rings (SSSR count). The molecule has 2 aromatic rings. The van der Waals surface area contributed by atoms with Gasteiger partial charge in [-0.3, -0.25) is 9.97 Å². The van der Waals surface area contributed by atoms with Crippen LogP contribution >= 0.6 is 0 Å². The first-order valence-electron chi connectivity index (χ1n) is 6.21. The van der Waals surface area contributed by atoms with Crippen LogP contribution in [0.15, 0.2) is 24.5 Å². The zero-order chi connectivity index (χ0) is 13.7. The number of pyridine rings is 2. The van der Waals surface area contributed by atoms with Crippen LogP contribution in [0.25, 0.3) is 0 Å². The lowest BCUT2D eigenvalue weighted by Crippen LogP contribution is -1.87. The smallest absolute Gasteiger partial charge is 0.0404 e. The molecule has 0 aliphatic carbocycles. The highest BCUT2D eigenvalue weighted by atomic mass is 14.7. The Morgan fingerprint density at radius 1 is 0.632 bits per heavy atom. The second kappa shape index (κ2) is 7.67. The lowest BCUT2D eigenvalue weighted by atomic mass is 10.1. The molecule has 0 aromatic carbocycles. The second-order valence-corrected chi connectivity index (χ2v) is 4.68. The van der Waals surface area contributed by atoms with E-state index < -0.39 is 0 Å². The van der Waals surface area contributed by atoms with Gasteiger partial charge in [0.15, 0.2) is 0 Å². The number of aryl methyl sites for hydroxylation is 4. The van der Waals surface area contributed by atoms with Crippen LogP contribution in [-0.4, -0.2) is 9.97 Å². The fraction of sp³-hybridized carbons (Fsp3) is 0.412. The minimum absolute atomic E-state index is 0. The van der Waals surface area contributed by atoms with Crippen LogP contribution in [0.2, 0.25) is 0 Å². The summed E-state index contributed by atoms with van der Waals surface area (Å²) in [7, 11) is 0. The number of hydrogen-bond acceptors (Lipinski definition) is 2. The van der Waals surface area contributed by atoms with Crippen LogP contribution in [0.4, 0.5) is 0 Å². The highest BCUT2D eigenvalue weighted by molar-refractivity contribution is 5.26. The molecule has 0 unspecified atom stereocenters. The molecule has 0 bridgehead atoms. The number of hydrogen-bond donors (Lipinski definition) is 0. The van der Waals surface area contributed by atoms with Crippen LogP contribution in [0.3, 0.4) is 0 Å². The van der Waals surface area contributed by atoms with Crippen molar-refractivity contribution in [2.75, 3.05) is 0 Å². The van der Waals surface area contributed by atoms with Gasteiger partial charge >= 0.3 is 0 Å². The maximum absolute atomic E-state index is 4.14. The van der Waals surface area contributed by atoms with Gasteiger partial charge in [0.2, 0.25) is 0 Å². The van der Waals surface area contributed by atoms with E-state index in [2.05, 4.69) is 37.7 Å². The van der Waals surface area contributed by atoms with Crippen molar-refractivity contribution in [3.05, 3.63) is 58.2 Å². The zero-order valence-corrected chi connectivity index (χ0v) is 12.2. The van der Waals surface area contributed by atoms with Crippen molar-refractivity contribution in [2.45, 2.75) is 49.0 Å². The lowest BCUT2D eigenvalue weighted by molar-refractivity contribution is 1.12. The normalized spacial score (nSPS) is 9.16. The van der Waals surface area contributed by atoms with Gasteiger partial charge in [-0.05, 0) is 75.9 Å². The van der Waals surface area contributed by atoms with Crippen LogP contribution in [-0.2, 0) is 0 Å². The molecule has 2 heterocycles. The molecular weight excluding hydrogens is 232 g/mol. The largest absolute Gasteiger partial charge is 0.261 e. The Labute approximate surface area is 117 Å². The summed E-state index contributed by atoms with van der Waals surface area (Å²) in [4.78, 5) is 8.28. The molecule has 2 heteroatoms. The van der Waals surface area contributed by atoms with Gasteiger partial charge in [-0.15, -0.1) is 0 Å². The summed E-state index contributed by atoms with van der Waals surface area (Å²) in [6.07, 6.45) is 3.69. The van der Waals surface area contributed by atoms with Gasteiger partial charge in [0.1, 0.15) is 0 Å². The molecule has 2 nitrogen and oxygen atoms in total. The average Bonchev–Trinajstić information content (AvgIpc) is 2.34. The number of nitrogens with zero attached hydrogens (tertiary/aromatic N) is 2. The molecule has 0 fully saturated rings. The molecular formula is C17H26N2. The summed E-state index contributed by atoms with van der Waals surface area (Å²) in [5.74, 6) is 0. The molecule has 0 radical (unpaired) electrons. The Morgan fingerprint density at radius 2 is 0.947 bits per heavy atom. The Bertz CT molecular complexity index is 441. The summed E-state index contributed by atoms with van der Waals surface area (Å²) >= 11 is 0. The van der Waals surface area contributed by atoms with Crippen LogP contribution in [0.5, 0.6) is 0 Å². The highest BCUT2D eigenvalue weighted by Gasteiger charge is 1.94. The second-order valence-electron chi connectivity index (χ2n) is 4.68. The fourth-order valence-electron chi connectivity index (χ4n) is 1.54. The quantitative estimate of drug-likeness (QED) is 0.687. The van der Waals surface area contributed by atoms with Crippen LogP contribution in [0.1, 0.15) is 41.1 Å². The van der Waals surface area contributed by atoms with Gasteiger partial charge in [0.05, 0.1) is 0 Å². The first-order chi connectivity index (χ1) is 8.43. The lowest BCUT2D eigenvalue weighted by Gasteiger charge is -1.99. The Morgan fingerprint density at radius 3 is 1.16 bits per heavy atom. The van der Waals surface area contributed by atoms with Crippen molar-refractivity contribution in [3.8, 4) is 0 Å². The van der Waals surface area contributed by atoms with Crippen molar-refractivity contribution in [1.29, 1.82) is 0 Å². The standard InChI is InChI=1S/2C8H11N.CH4/c2*1-6-4-5-9-8(3)7(6)2;/h2*4-5H,1-3H3;1H4. The molecule has 0 aliphatic rings. The van der Waals surface area contributed by atoms with Crippen LogP contribution < -0.4 is 0 Å². The van der Waals surface area contributed by atoms with Crippen LogP contribution in [0, 0.1) is 41.5 Å². The molecule has 0 amide bonds. The maximum Gasteiger partial charge on any atom is 0.0404 e. The van der Waals surface area contributed by atoms with E-state index in [-0.39, 0.29) is 7.43 Å². The molecule has 0 spiro atoms. The predicted octanol–water partition coefficient (Wildman–Crippen LogP) is 4.65. The number of rotatable bonds is 0. The zero-order valence-electron chi connectivity index (χ0n) is 12.2. The van der Waals surface area contributed by atoms with Gasteiger partial charge in [-0.1, -0.05) is 7.43 Å². The highest BCUT2D eigenvalue weighted by Crippen LogP contribution is 2.07. The topological polar surface area (TPSA) is 25.8 Å². The summed E-state index contributed by atoms with van der Waals surface area (Å²) in [6, 6.07) is 4.06. The van der Waals surface area contributed by atoms with E-state index in [0.717, 1.165) is 11.4 Å². The van der Waals surface area contributed by atoms with Gasteiger partial charge in [-0.25, -0.2) is 0 Å². The summed E-state index contributed by atoms with van der Waals surface area (Å²) in [5.41, 5.74) is 7.52. The Kier molecular flexibility index (Phi) is 6.99. The van der Waals surface area contributed by atoms with Gasteiger partial charge in [0.25, 0.3) is 0 Å². The summed E-state index contributed by atoms with van der Waals surface area (Å²) in [5, 5.41) is 0. The Balaban J connectivity index is 0.000000324. The molecule has 19 heavy (non-hydrogen) atoms. The minimum atomic E-state index is 0. The number of aromatic nitrogens is 2. The Hall–Kier alpha value is -1.70. The van der Waals surface area contributed by atoms with Gasteiger partial charge < -0.3 is 0 Å². The summed E-state index contributed by atoms with van der Waals surface area (Å²) < 4.78 is 0.